The molecule has 62 valence electrons. The van der Waals surface area contributed by atoms with Crippen LogP contribution < -0.4 is 22.9 Å². The van der Waals surface area contributed by atoms with Gasteiger partial charge in [0.1, 0.15) is 0 Å². The van der Waals surface area contributed by atoms with Crippen LogP contribution in [0.5, 0.6) is 0 Å². The SMILES string of the molecule is NC(N)CSSCC(N)N. The van der Waals surface area contributed by atoms with Crippen LogP contribution in [0.2, 0.25) is 0 Å². The number of nitrogens with two attached hydrogens (primary N) is 4. The number of rotatable bonds is 5. The van der Waals surface area contributed by atoms with E-state index in [0.29, 0.717) is 0 Å². The zero-order chi connectivity index (χ0) is 7.98. The van der Waals surface area contributed by atoms with Crippen LogP contribution in [-0.4, -0.2) is 23.8 Å². The molecule has 0 spiro atoms. The first-order valence-corrected chi connectivity index (χ1v) is 5.38. The van der Waals surface area contributed by atoms with Crippen molar-refractivity contribution >= 4 is 21.6 Å². The monoisotopic (exact) mass is 182 g/mol. The first-order valence-electron chi connectivity index (χ1n) is 2.89. The number of hydrogen-bond acceptors (Lipinski definition) is 6. The van der Waals surface area contributed by atoms with Crippen LogP contribution in [0.25, 0.3) is 0 Å². The standard InChI is InChI=1S/C4H14N4S2/c5-3(6)1-9-10-2-4(7)8/h3-4H,1-2,5-8H2. The van der Waals surface area contributed by atoms with E-state index in [0.717, 1.165) is 11.5 Å². The van der Waals surface area contributed by atoms with Gasteiger partial charge in [-0.05, 0) is 0 Å². The lowest BCUT2D eigenvalue weighted by Crippen LogP contribution is -2.34. The Bertz CT molecular complexity index is 67.7. The van der Waals surface area contributed by atoms with Gasteiger partial charge in [0.05, 0.1) is 12.3 Å². The second kappa shape index (κ2) is 6.26. The molecule has 8 N–H and O–H groups in total. The van der Waals surface area contributed by atoms with E-state index >= 15 is 0 Å². The van der Waals surface area contributed by atoms with Crippen LogP contribution in [0.3, 0.4) is 0 Å². The molecule has 10 heavy (non-hydrogen) atoms. The Labute approximate surface area is 68.8 Å². The molecule has 0 aliphatic carbocycles. The summed E-state index contributed by atoms with van der Waals surface area (Å²) < 4.78 is 0. The van der Waals surface area contributed by atoms with Crippen molar-refractivity contribution in [2.75, 3.05) is 11.5 Å². The molecule has 6 heteroatoms. The summed E-state index contributed by atoms with van der Waals surface area (Å²) in [6, 6.07) is 0. The predicted molar refractivity (Wildman–Crippen MR) is 49.2 cm³/mol. The third-order valence-corrected chi connectivity index (χ3v) is 3.13. The van der Waals surface area contributed by atoms with Crippen molar-refractivity contribution in [2.24, 2.45) is 22.9 Å². The smallest absolute Gasteiger partial charge is 0.0622 e. The summed E-state index contributed by atoms with van der Waals surface area (Å²) in [5.41, 5.74) is 21.2. The number of hydrogen-bond donors (Lipinski definition) is 4. The van der Waals surface area contributed by atoms with Gasteiger partial charge in [0.15, 0.2) is 0 Å². The van der Waals surface area contributed by atoms with Gasteiger partial charge < -0.3 is 22.9 Å². The molecule has 0 aromatic heterocycles. The second-order valence-electron chi connectivity index (χ2n) is 1.90. The Kier molecular flexibility index (Phi) is 6.60. The molecule has 0 radical (unpaired) electrons. The molecule has 0 aliphatic rings. The Hall–Kier alpha value is 0.540. The molecule has 0 aromatic carbocycles. The highest BCUT2D eigenvalue weighted by molar-refractivity contribution is 8.76. The lowest BCUT2D eigenvalue weighted by molar-refractivity contribution is 0.801. The third-order valence-electron chi connectivity index (χ3n) is 0.604. The summed E-state index contributed by atoms with van der Waals surface area (Å²) in [6.45, 7) is 0. The molecule has 0 aliphatic heterocycles. The van der Waals surface area contributed by atoms with Crippen LogP contribution in [-0.2, 0) is 0 Å². The summed E-state index contributed by atoms with van der Waals surface area (Å²) in [4.78, 5) is 0. The van der Waals surface area contributed by atoms with Gasteiger partial charge in [-0.25, -0.2) is 0 Å². The van der Waals surface area contributed by atoms with Gasteiger partial charge in [-0.2, -0.15) is 0 Å². The fourth-order valence-corrected chi connectivity index (χ4v) is 2.28. The zero-order valence-corrected chi connectivity index (χ0v) is 7.33. The minimum absolute atomic E-state index is 0.244. The Morgan fingerprint density at radius 2 is 1.10 bits per heavy atom. The van der Waals surface area contributed by atoms with Crippen molar-refractivity contribution in [1.29, 1.82) is 0 Å². The van der Waals surface area contributed by atoms with E-state index in [1.54, 1.807) is 21.6 Å². The van der Waals surface area contributed by atoms with Crippen LogP contribution in [0.1, 0.15) is 0 Å². The summed E-state index contributed by atoms with van der Waals surface area (Å²) in [5, 5.41) is 0. The topological polar surface area (TPSA) is 104 Å². The van der Waals surface area contributed by atoms with Crippen molar-refractivity contribution in [2.45, 2.75) is 12.3 Å². The zero-order valence-electron chi connectivity index (χ0n) is 5.69. The van der Waals surface area contributed by atoms with E-state index in [4.69, 9.17) is 22.9 Å². The Balaban J connectivity index is 2.91. The third kappa shape index (κ3) is 8.54. The minimum atomic E-state index is -0.244. The molecule has 0 saturated heterocycles. The van der Waals surface area contributed by atoms with Crippen LogP contribution in [0.4, 0.5) is 0 Å². The Morgan fingerprint density at radius 1 is 0.800 bits per heavy atom. The summed E-state index contributed by atoms with van der Waals surface area (Å²) in [7, 11) is 3.19. The van der Waals surface area contributed by atoms with E-state index in [9.17, 15) is 0 Å². The molecular weight excluding hydrogens is 168 g/mol. The molecule has 0 fully saturated rings. The highest BCUT2D eigenvalue weighted by atomic mass is 33.1. The van der Waals surface area contributed by atoms with Gasteiger partial charge in [0.2, 0.25) is 0 Å². The minimum Gasteiger partial charge on any atom is -0.315 e. The molecule has 0 bridgehead atoms. The molecule has 4 nitrogen and oxygen atoms in total. The van der Waals surface area contributed by atoms with Crippen molar-refractivity contribution in [3.05, 3.63) is 0 Å². The quantitative estimate of drug-likeness (QED) is 0.243. The van der Waals surface area contributed by atoms with Crippen molar-refractivity contribution in [3.63, 3.8) is 0 Å². The second-order valence-corrected chi connectivity index (χ2v) is 4.45. The first-order chi connectivity index (χ1) is 4.63. The average molecular weight is 182 g/mol. The summed E-state index contributed by atoms with van der Waals surface area (Å²) in [6.07, 6.45) is -0.488. The largest absolute Gasteiger partial charge is 0.315 e. The van der Waals surface area contributed by atoms with Crippen molar-refractivity contribution < 1.29 is 0 Å². The molecule has 0 aromatic rings. The van der Waals surface area contributed by atoms with E-state index < -0.39 is 0 Å². The van der Waals surface area contributed by atoms with E-state index in [-0.39, 0.29) is 12.3 Å². The normalized spacial score (nSPS) is 11.4. The lowest BCUT2D eigenvalue weighted by Gasteiger charge is -2.05. The van der Waals surface area contributed by atoms with Gasteiger partial charge in [-0.1, -0.05) is 21.6 Å². The highest BCUT2D eigenvalue weighted by Gasteiger charge is 1.97. The van der Waals surface area contributed by atoms with Crippen LogP contribution in [0.15, 0.2) is 0 Å². The Morgan fingerprint density at radius 3 is 1.30 bits per heavy atom. The fourth-order valence-electron chi connectivity index (χ4n) is 0.253. The highest BCUT2D eigenvalue weighted by Crippen LogP contribution is 2.20. The maximum atomic E-state index is 5.29. The average Bonchev–Trinajstić information content (AvgIpc) is 1.79. The van der Waals surface area contributed by atoms with Crippen molar-refractivity contribution in [3.8, 4) is 0 Å². The fraction of sp³-hybridized carbons (Fsp3) is 1.00. The predicted octanol–water partition coefficient (Wildman–Crippen LogP) is -1.15. The molecule has 0 rings (SSSR count). The maximum absolute atomic E-state index is 5.29. The van der Waals surface area contributed by atoms with E-state index in [2.05, 4.69) is 0 Å². The molecule has 0 heterocycles. The first kappa shape index (κ1) is 10.5. The van der Waals surface area contributed by atoms with Crippen LogP contribution in [0, 0.1) is 0 Å². The lowest BCUT2D eigenvalue weighted by atomic mass is 10.7. The molecule has 0 unspecified atom stereocenters. The van der Waals surface area contributed by atoms with Crippen molar-refractivity contribution in [1.82, 2.24) is 0 Å². The van der Waals surface area contributed by atoms with Gasteiger partial charge in [0.25, 0.3) is 0 Å². The molecule has 0 saturated carbocycles. The van der Waals surface area contributed by atoms with Gasteiger partial charge in [0, 0.05) is 11.5 Å². The molecule has 0 atom stereocenters. The molecule has 0 amide bonds. The van der Waals surface area contributed by atoms with Gasteiger partial charge in [-0.15, -0.1) is 0 Å². The summed E-state index contributed by atoms with van der Waals surface area (Å²) in [5.74, 6) is 1.47. The van der Waals surface area contributed by atoms with E-state index in [1.807, 2.05) is 0 Å². The maximum Gasteiger partial charge on any atom is 0.0622 e. The molecular formula is C4H14N4S2. The van der Waals surface area contributed by atoms with E-state index in [1.165, 1.54) is 0 Å². The van der Waals surface area contributed by atoms with Gasteiger partial charge in [-0.3, -0.25) is 0 Å². The van der Waals surface area contributed by atoms with Crippen LogP contribution >= 0.6 is 21.6 Å². The summed E-state index contributed by atoms with van der Waals surface area (Å²) >= 11 is 0. The van der Waals surface area contributed by atoms with Gasteiger partial charge >= 0.3 is 0 Å².